The van der Waals surface area contributed by atoms with Gasteiger partial charge in [-0.3, -0.25) is 9.69 Å². The number of hydrogen-bond donors (Lipinski definition) is 0. The van der Waals surface area contributed by atoms with Gasteiger partial charge in [0.05, 0.1) is 0 Å². The highest BCUT2D eigenvalue weighted by Gasteiger charge is 2.40. The van der Waals surface area contributed by atoms with Crippen molar-refractivity contribution in [3.05, 3.63) is 0 Å². The summed E-state index contributed by atoms with van der Waals surface area (Å²) in [5.41, 5.74) is 0. The Kier molecular flexibility index (Phi) is 1.90. The van der Waals surface area contributed by atoms with Crippen molar-refractivity contribution in [3.63, 3.8) is 0 Å². The number of halogens is 1. The van der Waals surface area contributed by atoms with Gasteiger partial charge in [-0.2, -0.15) is 0 Å². The lowest BCUT2D eigenvalue weighted by Crippen LogP contribution is -2.28. The summed E-state index contributed by atoms with van der Waals surface area (Å²) in [5, 5.41) is -0.126. The molecule has 0 radical (unpaired) electrons. The van der Waals surface area contributed by atoms with E-state index in [-0.39, 0.29) is 11.2 Å². The maximum Gasteiger partial charge on any atom is 0.226 e. The molecule has 0 saturated carbocycles. The average molecular weight is 174 g/mol. The van der Waals surface area contributed by atoms with Gasteiger partial charge >= 0.3 is 0 Å². The summed E-state index contributed by atoms with van der Waals surface area (Å²) in [5.74, 6) is 0.138. The highest BCUT2D eigenvalue weighted by molar-refractivity contribution is 6.64. The monoisotopic (exact) mass is 173 g/mol. The van der Waals surface area contributed by atoms with Gasteiger partial charge in [-0.05, 0) is 44.0 Å². The van der Waals surface area contributed by atoms with Crippen molar-refractivity contribution < 1.29 is 4.79 Å². The Morgan fingerprint density at radius 2 is 2.18 bits per heavy atom. The fourth-order valence-corrected chi connectivity index (χ4v) is 2.60. The van der Waals surface area contributed by atoms with E-state index in [0.717, 1.165) is 13.0 Å². The molecule has 0 spiro atoms. The van der Waals surface area contributed by atoms with Crippen molar-refractivity contribution >= 4 is 16.8 Å². The van der Waals surface area contributed by atoms with Gasteiger partial charge in [-0.15, -0.1) is 0 Å². The van der Waals surface area contributed by atoms with Crippen LogP contribution in [0.4, 0.5) is 0 Å². The number of fused-ring (bicyclic) bond motifs is 1. The Morgan fingerprint density at radius 3 is 2.91 bits per heavy atom. The standard InChI is InChI=1S/C8H12ClNO/c9-8(11)6-3-5-10-4-1-2-7(6)10/h6-7H,1-5H2. The van der Waals surface area contributed by atoms with E-state index in [1.807, 2.05) is 0 Å². The molecule has 2 rings (SSSR count). The molecule has 2 nitrogen and oxygen atoms in total. The molecule has 0 aliphatic carbocycles. The molecule has 2 atom stereocenters. The van der Waals surface area contributed by atoms with E-state index in [0.29, 0.717) is 6.04 Å². The predicted octanol–water partition coefficient (Wildman–Crippen LogP) is 1.24. The molecule has 0 amide bonds. The minimum Gasteiger partial charge on any atom is -0.300 e. The third-order valence-electron chi connectivity index (χ3n) is 2.90. The molecule has 2 fully saturated rings. The molecule has 0 aromatic carbocycles. The highest BCUT2D eigenvalue weighted by atomic mass is 35.5. The Bertz CT molecular complexity index is 183. The van der Waals surface area contributed by atoms with Crippen LogP contribution in [0.5, 0.6) is 0 Å². The van der Waals surface area contributed by atoms with Crippen LogP contribution >= 0.6 is 11.6 Å². The highest BCUT2D eigenvalue weighted by Crippen LogP contribution is 2.33. The fraction of sp³-hybridized carbons (Fsp3) is 0.875. The van der Waals surface area contributed by atoms with Crippen LogP contribution in [0, 0.1) is 5.92 Å². The predicted molar refractivity (Wildman–Crippen MR) is 43.6 cm³/mol. The van der Waals surface area contributed by atoms with E-state index in [1.54, 1.807) is 0 Å². The van der Waals surface area contributed by atoms with Gasteiger partial charge < -0.3 is 0 Å². The number of nitrogens with zero attached hydrogens (tertiary/aromatic N) is 1. The van der Waals surface area contributed by atoms with Crippen LogP contribution in [0.25, 0.3) is 0 Å². The number of carbonyl (C=O) groups is 1. The van der Waals surface area contributed by atoms with Crippen LogP contribution in [0.2, 0.25) is 0 Å². The normalized spacial score (nSPS) is 37.5. The van der Waals surface area contributed by atoms with E-state index >= 15 is 0 Å². The third kappa shape index (κ3) is 1.18. The first-order valence-corrected chi connectivity index (χ1v) is 4.60. The second kappa shape index (κ2) is 2.76. The lowest BCUT2D eigenvalue weighted by molar-refractivity contribution is -0.115. The van der Waals surface area contributed by atoms with Gasteiger partial charge in [0.15, 0.2) is 0 Å². The Balaban J connectivity index is 2.08. The molecule has 0 aromatic heterocycles. The SMILES string of the molecule is O=C(Cl)C1CCN2CCCC12. The second-order valence-electron chi connectivity index (χ2n) is 3.44. The fourth-order valence-electron chi connectivity index (χ4n) is 2.35. The van der Waals surface area contributed by atoms with E-state index in [9.17, 15) is 4.79 Å². The van der Waals surface area contributed by atoms with Gasteiger partial charge in [-0.1, -0.05) is 0 Å². The summed E-state index contributed by atoms with van der Waals surface area (Å²) in [6.45, 7) is 2.25. The van der Waals surface area contributed by atoms with Crippen molar-refractivity contribution in [2.24, 2.45) is 5.92 Å². The summed E-state index contributed by atoms with van der Waals surface area (Å²) < 4.78 is 0. The molecule has 0 N–H and O–H groups in total. The topological polar surface area (TPSA) is 20.3 Å². The van der Waals surface area contributed by atoms with Crippen molar-refractivity contribution in [2.45, 2.75) is 25.3 Å². The van der Waals surface area contributed by atoms with E-state index in [4.69, 9.17) is 11.6 Å². The van der Waals surface area contributed by atoms with E-state index in [2.05, 4.69) is 4.90 Å². The first-order chi connectivity index (χ1) is 5.29. The zero-order valence-corrected chi connectivity index (χ0v) is 7.18. The molecule has 2 saturated heterocycles. The van der Waals surface area contributed by atoms with Crippen LogP contribution in [0.3, 0.4) is 0 Å². The minimum absolute atomic E-state index is 0.126. The molecular weight excluding hydrogens is 162 g/mol. The van der Waals surface area contributed by atoms with Crippen molar-refractivity contribution in [1.29, 1.82) is 0 Å². The summed E-state index contributed by atoms with van der Waals surface area (Å²) in [7, 11) is 0. The first-order valence-electron chi connectivity index (χ1n) is 4.22. The number of rotatable bonds is 1. The van der Waals surface area contributed by atoms with E-state index < -0.39 is 0 Å². The number of hydrogen-bond acceptors (Lipinski definition) is 2. The van der Waals surface area contributed by atoms with Crippen LogP contribution < -0.4 is 0 Å². The first kappa shape index (κ1) is 7.56. The smallest absolute Gasteiger partial charge is 0.226 e. The van der Waals surface area contributed by atoms with Crippen LogP contribution in [-0.2, 0) is 4.79 Å². The van der Waals surface area contributed by atoms with Gasteiger partial charge in [-0.25, -0.2) is 0 Å². The van der Waals surface area contributed by atoms with Crippen LogP contribution in [0.1, 0.15) is 19.3 Å². The van der Waals surface area contributed by atoms with Gasteiger partial charge in [0.25, 0.3) is 0 Å². The number of carbonyl (C=O) groups excluding carboxylic acids is 1. The molecule has 2 aliphatic rings. The van der Waals surface area contributed by atoms with Gasteiger partial charge in [0.2, 0.25) is 5.24 Å². The largest absolute Gasteiger partial charge is 0.300 e. The zero-order valence-electron chi connectivity index (χ0n) is 6.42. The van der Waals surface area contributed by atoms with E-state index in [1.165, 1.54) is 19.4 Å². The maximum atomic E-state index is 10.9. The Labute approximate surface area is 71.5 Å². The van der Waals surface area contributed by atoms with Crippen LogP contribution in [-0.4, -0.2) is 29.3 Å². The lowest BCUT2D eigenvalue weighted by Gasteiger charge is -2.16. The molecule has 2 aliphatic heterocycles. The van der Waals surface area contributed by atoms with Crippen molar-refractivity contribution in [2.75, 3.05) is 13.1 Å². The molecule has 0 aromatic rings. The molecular formula is C8H12ClNO. The lowest BCUT2D eigenvalue weighted by atomic mass is 10.0. The second-order valence-corrected chi connectivity index (χ2v) is 3.82. The van der Waals surface area contributed by atoms with Crippen LogP contribution in [0.15, 0.2) is 0 Å². The summed E-state index contributed by atoms with van der Waals surface area (Å²) in [6, 6.07) is 0.486. The third-order valence-corrected chi connectivity index (χ3v) is 3.18. The zero-order chi connectivity index (χ0) is 7.84. The summed E-state index contributed by atoms with van der Waals surface area (Å²) in [6.07, 6.45) is 3.39. The molecule has 11 heavy (non-hydrogen) atoms. The van der Waals surface area contributed by atoms with Crippen molar-refractivity contribution in [1.82, 2.24) is 4.90 Å². The molecule has 2 unspecified atom stereocenters. The minimum atomic E-state index is -0.126. The summed E-state index contributed by atoms with van der Waals surface area (Å²) >= 11 is 5.49. The Morgan fingerprint density at radius 1 is 1.36 bits per heavy atom. The molecule has 0 bridgehead atoms. The molecule has 2 heterocycles. The quantitative estimate of drug-likeness (QED) is 0.556. The molecule has 62 valence electrons. The average Bonchev–Trinajstić information content (AvgIpc) is 2.41. The summed E-state index contributed by atoms with van der Waals surface area (Å²) in [4.78, 5) is 13.3. The molecule has 3 heteroatoms. The Hall–Kier alpha value is -0.0800. The maximum absolute atomic E-state index is 10.9. The van der Waals surface area contributed by atoms with Gasteiger partial charge in [0, 0.05) is 12.0 Å². The van der Waals surface area contributed by atoms with Gasteiger partial charge in [0.1, 0.15) is 0 Å². The van der Waals surface area contributed by atoms with Crippen molar-refractivity contribution in [3.8, 4) is 0 Å².